The molecule has 621 valence electrons. The summed E-state index contributed by atoms with van der Waals surface area (Å²) in [5, 5.41) is 90.3. The first-order valence-electron chi connectivity index (χ1n) is 36.9. The van der Waals surface area contributed by atoms with E-state index in [4.69, 9.17) is 33.9 Å². The first kappa shape index (κ1) is 95.0. The molecule has 0 saturated carbocycles. The third-order valence-corrected chi connectivity index (χ3v) is 18.5. The molecule has 21 nitrogen and oxygen atoms in total. The molecule has 1 atom stereocenters. The van der Waals surface area contributed by atoms with Gasteiger partial charge in [-0.3, -0.25) is 29.5 Å². The van der Waals surface area contributed by atoms with Crippen molar-refractivity contribution in [3.8, 4) is 69.0 Å². The molecule has 1 aliphatic rings. The van der Waals surface area contributed by atoms with E-state index in [1.807, 2.05) is 126 Å². The Kier molecular flexibility index (Phi) is 35.5. The number of para-hydroxylation sites is 3. The van der Waals surface area contributed by atoms with E-state index in [9.17, 15) is 63.2 Å². The van der Waals surface area contributed by atoms with Gasteiger partial charge >= 0.3 is 29.6 Å². The van der Waals surface area contributed by atoms with E-state index in [2.05, 4.69) is 37.9 Å². The quantitative estimate of drug-likeness (QED) is 0.00577. The van der Waals surface area contributed by atoms with Crippen LogP contribution < -0.4 is 58.6 Å². The van der Waals surface area contributed by atoms with Crippen LogP contribution in [-0.4, -0.2) is 114 Å². The number of anilines is 1. The minimum Gasteiger partial charge on any atom is -1.00 e. The average Bonchev–Trinajstić information content (AvgIpc) is 0.754. The minimum atomic E-state index is -1.52. The fraction of sp³-hybridized carbons (Fsp3) is 0.0619. The van der Waals surface area contributed by atoms with Gasteiger partial charge in [0.25, 0.3) is 5.70 Å². The number of nitrogens with zero attached hydrogens (tertiary/aromatic N) is 3. The number of aromatic hydroxyl groups is 7. The molecule has 0 bridgehead atoms. The zero-order chi connectivity index (χ0) is 87.4. The number of carbonyl (C=O) groups excluding carboxylic acids is 3. The SMILES string of the molecule is C(=Nc1ccccc1)Nc1ccccc1.CI.COc1ccc2c(C=O)c(O)ccc2c1.COc1ccc2c(C=O)c(OC)ccc2c1.COc1ccc2c3c(ccc2c1)OC(c1cc(F)c(F)cc1F)C([N+](=O)[O-])=C3.O=Cc1c(O)ccc2cc(O)ccc12.Oc1ccc2c(C=Nc3ccccc3)c(O)ccc2c1.Oc1ccc2cc(O)ccc2c1.[B].[H-].[Na+]. The average molecular weight is 1790 g/mol. The third kappa shape index (κ3) is 24.7. The predicted octanol–water partition coefficient (Wildman–Crippen LogP) is 19.6. The number of phenols is 7. The van der Waals surface area contributed by atoms with Crippen LogP contribution in [0.5, 0.6) is 69.0 Å². The molecule has 8 N–H and O–H groups in total. The fourth-order valence-corrected chi connectivity index (χ4v) is 12.5. The van der Waals surface area contributed by atoms with Crippen LogP contribution >= 0.6 is 22.6 Å². The standard InChI is InChI=1S/C20H12F3NO4.C17H13NO2.C13H12N2.C13H12O3.C12H10O3.C11H8O3.C10H8O2.CH3I.B.Na.H/c1-27-11-3-4-12-10(6-11)2-5-19-13(12)8-18(24(25)26)20(28-19)14-7-16(22)17(23)9-15(14)21;19-14-7-8-15-12(10-14)6-9-17(20)16(15)11-18-13-4-2-1-3-5-13;1-3-7-12(8-4-1)14-11-15-13-9-5-2-6-10-13;1-15-10-4-5-11-9(7-10)3-6-13(16-2)12(11)8-14;1-15-9-3-4-10-8(6-9)2-5-12(14)11(10)7-13;12-6-10-9-3-2-8(13)5-7(9)1-4-11(10)14;11-9-3-1-7-5-10(12)4-2-8(7)6-9;1-2;;;/h2-9,20H,1H3;1-11,19-20H;1-11H,(H,14,15);3-8H,1-2H3;2-7,14H,1H3;1-6,13-14H;1-6,11-12H;1H3;;;/q;;;;;;;;;+1;-1. The number of ether oxygens (including phenoxy) is 5. The largest absolute Gasteiger partial charge is 1.00 e. The number of aliphatic imine (C=N–C) groups is 2. The maximum Gasteiger partial charge on any atom is 1.00 e. The molecular weight excluding hydrogens is 1710 g/mol. The van der Waals surface area contributed by atoms with Gasteiger partial charge < -0.3 is 66.2 Å². The van der Waals surface area contributed by atoms with E-state index in [1.165, 1.54) is 31.4 Å². The summed E-state index contributed by atoms with van der Waals surface area (Å²) in [5.74, 6) is 0.0852. The number of alkyl halides is 1. The molecule has 1 aliphatic heterocycles. The molecule has 0 aliphatic carbocycles. The van der Waals surface area contributed by atoms with Crippen LogP contribution in [0.15, 0.2) is 307 Å². The van der Waals surface area contributed by atoms with Crippen LogP contribution in [0.2, 0.25) is 0 Å². The van der Waals surface area contributed by atoms with E-state index in [0.29, 0.717) is 69.2 Å². The summed E-state index contributed by atoms with van der Waals surface area (Å²) in [6.45, 7) is 0. The van der Waals surface area contributed by atoms with Crippen molar-refractivity contribution in [2.45, 2.75) is 6.10 Å². The smallest absolute Gasteiger partial charge is 1.00 e. The molecule has 0 saturated heterocycles. The Morgan fingerprint density at radius 3 is 1.25 bits per heavy atom. The Labute approximate surface area is 749 Å². The number of benzene rings is 16. The van der Waals surface area contributed by atoms with E-state index in [0.717, 1.165) is 88.7 Å². The number of nitrogens with one attached hydrogen (secondary N) is 1. The molecule has 0 spiro atoms. The van der Waals surface area contributed by atoms with Crippen molar-refractivity contribution >= 4 is 150 Å². The molecule has 0 amide bonds. The topological polar surface area (TPSA) is 319 Å². The molecule has 17 rings (SSSR count). The van der Waals surface area contributed by atoms with Gasteiger partial charge in [-0.2, -0.15) is 0 Å². The molecule has 1 unspecified atom stereocenters. The predicted molar refractivity (Wildman–Crippen MR) is 488 cm³/mol. The Bertz CT molecular complexity index is 6490. The van der Waals surface area contributed by atoms with Crippen LogP contribution in [0.3, 0.4) is 0 Å². The van der Waals surface area contributed by atoms with Gasteiger partial charge in [-0.25, -0.2) is 18.2 Å². The molecule has 3 radical (unpaired) electrons. The van der Waals surface area contributed by atoms with Crippen LogP contribution in [0.4, 0.5) is 30.2 Å². The number of hydrogen-bond acceptors (Lipinski definition) is 19. The van der Waals surface area contributed by atoms with E-state index < -0.39 is 39.7 Å². The summed E-state index contributed by atoms with van der Waals surface area (Å²) >= 11 is 2.15. The van der Waals surface area contributed by atoms with Gasteiger partial charge in [-0.05, 0) is 258 Å². The van der Waals surface area contributed by atoms with Gasteiger partial charge in [0.05, 0.1) is 67.8 Å². The molecule has 1 heterocycles. The first-order valence-corrected chi connectivity index (χ1v) is 39.0. The summed E-state index contributed by atoms with van der Waals surface area (Å²) in [6, 6.07) is 82.8. The summed E-state index contributed by atoms with van der Waals surface area (Å²) in [6.07, 6.45) is 5.16. The number of methoxy groups -OCH3 is 4. The summed E-state index contributed by atoms with van der Waals surface area (Å²) in [5.41, 5.74) is 4.08. The molecule has 16 aromatic carbocycles. The zero-order valence-electron chi connectivity index (χ0n) is 68.4. The number of nitro groups is 1. The molecular formula is C97H79BF3IN4NaO17. The van der Waals surface area contributed by atoms with Crippen molar-refractivity contribution in [1.82, 2.24) is 0 Å². The summed E-state index contributed by atoms with van der Waals surface area (Å²) in [7, 11) is 6.28. The number of phenolic OH excluding ortho intramolecular Hbond substituents is 7. The van der Waals surface area contributed by atoms with Crippen molar-refractivity contribution in [2.24, 2.45) is 9.98 Å². The van der Waals surface area contributed by atoms with Crippen molar-refractivity contribution in [1.29, 1.82) is 0 Å². The number of carbonyl (C=O) groups is 3. The Balaban J connectivity index is 0.000000202. The van der Waals surface area contributed by atoms with Gasteiger partial charge in [0, 0.05) is 49.1 Å². The van der Waals surface area contributed by atoms with Gasteiger partial charge in [0.15, 0.2) is 30.5 Å². The minimum absolute atomic E-state index is 0. The Hall–Kier alpha value is -14.4. The van der Waals surface area contributed by atoms with Crippen molar-refractivity contribution in [2.75, 3.05) is 38.7 Å². The monoisotopic (exact) mass is 1790 g/mol. The maximum atomic E-state index is 14.2. The first-order chi connectivity index (χ1) is 59.1. The van der Waals surface area contributed by atoms with Gasteiger partial charge in [-0.15, -0.1) is 0 Å². The molecule has 16 aromatic rings. The second kappa shape index (κ2) is 46.4. The second-order valence-corrected chi connectivity index (χ2v) is 26.1. The second-order valence-electron chi connectivity index (χ2n) is 26.1. The fourth-order valence-electron chi connectivity index (χ4n) is 12.5. The van der Waals surface area contributed by atoms with Gasteiger partial charge in [0.1, 0.15) is 74.8 Å². The Morgan fingerprint density at radius 1 is 0.419 bits per heavy atom. The van der Waals surface area contributed by atoms with Crippen molar-refractivity contribution < 1.29 is 123 Å². The normalized spacial score (nSPS) is 11.3. The van der Waals surface area contributed by atoms with Gasteiger partial charge in [0.2, 0.25) is 6.10 Å². The molecule has 0 fully saturated rings. The van der Waals surface area contributed by atoms with Crippen molar-refractivity contribution in [3.05, 3.63) is 358 Å². The maximum absolute atomic E-state index is 14.2. The number of aldehydes is 3. The van der Waals surface area contributed by atoms with E-state index in [-0.39, 0.29) is 91.0 Å². The van der Waals surface area contributed by atoms with Crippen LogP contribution in [0.1, 0.15) is 55.3 Å². The van der Waals surface area contributed by atoms with Gasteiger partial charge in [-0.1, -0.05) is 120 Å². The van der Waals surface area contributed by atoms with Crippen LogP contribution in [0.25, 0.3) is 70.7 Å². The number of halogens is 4. The van der Waals surface area contributed by atoms with Crippen LogP contribution in [-0.2, 0) is 0 Å². The molecule has 27 heteroatoms. The number of hydrogen-bond donors (Lipinski definition) is 8. The van der Waals surface area contributed by atoms with E-state index in [1.54, 1.807) is 173 Å². The summed E-state index contributed by atoms with van der Waals surface area (Å²) in [4.78, 5) is 54.0. The molecule has 0 aromatic heterocycles. The number of fused-ring (bicyclic) bond motifs is 8. The third-order valence-electron chi connectivity index (χ3n) is 18.5. The number of rotatable bonds is 14. The van der Waals surface area contributed by atoms with Crippen LogP contribution in [0, 0.1) is 27.6 Å². The van der Waals surface area contributed by atoms with Crippen molar-refractivity contribution in [3.63, 3.8) is 0 Å². The Morgan fingerprint density at radius 2 is 0.790 bits per heavy atom. The zero-order valence-corrected chi connectivity index (χ0v) is 71.6. The summed E-state index contributed by atoms with van der Waals surface area (Å²) < 4.78 is 67.3. The van der Waals surface area contributed by atoms with E-state index >= 15 is 0 Å². The molecule has 124 heavy (non-hydrogen) atoms.